The number of aliphatic imine (C=N–C) groups is 1. The number of aromatic amines is 1. The second-order valence-electron chi connectivity index (χ2n) is 11.7. The van der Waals surface area contributed by atoms with E-state index in [-0.39, 0.29) is 5.88 Å². The van der Waals surface area contributed by atoms with E-state index in [1.165, 1.54) is 31.5 Å². The molecule has 7 heteroatoms. The second kappa shape index (κ2) is 9.98. The minimum Gasteiger partial charge on any atom is -0.494 e. The maximum absolute atomic E-state index is 11.2. The van der Waals surface area contributed by atoms with E-state index >= 15 is 0 Å². The Kier molecular flexibility index (Phi) is 6.62. The fraction of sp³-hybridized carbons (Fsp3) is 0.344. The van der Waals surface area contributed by atoms with E-state index in [0.29, 0.717) is 5.56 Å². The number of H-pyrrole nitrogens is 1. The molecule has 2 fully saturated rings. The molecule has 200 valence electrons. The van der Waals surface area contributed by atoms with Gasteiger partial charge in [0.15, 0.2) is 5.88 Å². The van der Waals surface area contributed by atoms with Crippen LogP contribution in [0.15, 0.2) is 77.8 Å². The number of benzene rings is 3. The smallest absolute Gasteiger partial charge is 0.494 e. The molecule has 6 nitrogen and oxygen atoms in total. The number of nitrogens with zero attached hydrogens (tertiary/aromatic N) is 2. The van der Waals surface area contributed by atoms with E-state index in [1.807, 2.05) is 76.2 Å². The number of hydrogen-bond acceptors (Lipinski definition) is 5. The molecular weight excluding hydrogens is 485 g/mol. The molecule has 0 amide bonds. The molecule has 2 N–H and O–H groups in total. The highest BCUT2D eigenvalue weighted by molar-refractivity contribution is 6.62. The standard InChI is InChI=1S/C32H36BN3O3/c1-31(2)32(3,4)39-33(38-31)24-14-17-26-27(20-24)35-30(37)28(26)29(23-10-6-5-7-11-23)34-25-15-12-22(13-16-25)21-36-18-8-9-19-36/h5-7,10-17,20,35,37H,8-9,18-19,21H2,1-4H3. The molecular formula is C32H36BN3O3. The number of fused-ring (bicyclic) bond motifs is 1. The zero-order chi connectivity index (χ0) is 27.2. The molecule has 3 heterocycles. The van der Waals surface area contributed by atoms with Crippen LogP contribution in [0, 0.1) is 0 Å². The Morgan fingerprint density at radius 1 is 0.923 bits per heavy atom. The van der Waals surface area contributed by atoms with Crippen LogP contribution >= 0.6 is 0 Å². The van der Waals surface area contributed by atoms with E-state index in [9.17, 15) is 5.11 Å². The van der Waals surface area contributed by atoms with E-state index in [0.717, 1.165) is 39.9 Å². The van der Waals surface area contributed by atoms with Crippen LogP contribution in [0.4, 0.5) is 5.69 Å². The van der Waals surface area contributed by atoms with Crippen molar-refractivity contribution in [1.29, 1.82) is 0 Å². The van der Waals surface area contributed by atoms with Crippen molar-refractivity contribution >= 4 is 34.9 Å². The van der Waals surface area contributed by atoms with Gasteiger partial charge >= 0.3 is 7.12 Å². The maximum atomic E-state index is 11.2. The third-order valence-electron chi connectivity index (χ3n) is 8.39. The molecule has 1 aromatic heterocycles. The normalized spacial score (nSPS) is 19.3. The predicted molar refractivity (Wildman–Crippen MR) is 158 cm³/mol. The first kappa shape index (κ1) is 25.9. The van der Waals surface area contributed by atoms with Gasteiger partial charge in [-0.25, -0.2) is 4.99 Å². The summed E-state index contributed by atoms with van der Waals surface area (Å²) in [5.41, 5.74) is 5.33. The lowest BCUT2D eigenvalue weighted by Gasteiger charge is -2.32. The predicted octanol–water partition coefficient (Wildman–Crippen LogP) is 5.94. The van der Waals surface area contributed by atoms with Crippen molar-refractivity contribution in [3.05, 3.63) is 89.5 Å². The molecule has 2 aliphatic heterocycles. The van der Waals surface area contributed by atoms with Gasteiger partial charge in [-0.15, -0.1) is 0 Å². The van der Waals surface area contributed by atoms with Crippen LogP contribution < -0.4 is 5.46 Å². The summed E-state index contributed by atoms with van der Waals surface area (Å²) in [6.07, 6.45) is 2.57. The van der Waals surface area contributed by atoms with Crippen LogP contribution in [-0.2, 0) is 15.9 Å². The first-order chi connectivity index (χ1) is 18.7. The molecule has 0 radical (unpaired) electrons. The van der Waals surface area contributed by atoms with Gasteiger partial charge < -0.3 is 19.4 Å². The lowest BCUT2D eigenvalue weighted by atomic mass is 9.78. The van der Waals surface area contributed by atoms with Crippen LogP contribution in [0.25, 0.3) is 10.9 Å². The highest BCUT2D eigenvalue weighted by atomic mass is 16.7. The van der Waals surface area contributed by atoms with Crippen LogP contribution in [0.5, 0.6) is 5.88 Å². The summed E-state index contributed by atoms with van der Waals surface area (Å²) in [6, 6.07) is 24.5. The molecule has 0 spiro atoms. The van der Waals surface area contributed by atoms with Crippen molar-refractivity contribution in [3.8, 4) is 5.88 Å². The second-order valence-corrected chi connectivity index (χ2v) is 11.7. The lowest BCUT2D eigenvalue weighted by Crippen LogP contribution is -2.41. The molecule has 2 aliphatic rings. The Morgan fingerprint density at radius 3 is 2.26 bits per heavy atom. The van der Waals surface area contributed by atoms with Gasteiger partial charge in [0.2, 0.25) is 0 Å². The Balaban J connectivity index is 1.37. The van der Waals surface area contributed by atoms with Crippen molar-refractivity contribution in [2.75, 3.05) is 13.1 Å². The summed E-state index contributed by atoms with van der Waals surface area (Å²) < 4.78 is 12.5. The summed E-state index contributed by atoms with van der Waals surface area (Å²) in [4.78, 5) is 10.7. The van der Waals surface area contributed by atoms with Gasteiger partial charge in [-0.2, -0.15) is 0 Å². The number of aromatic nitrogens is 1. The fourth-order valence-corrected chi connectivity index (χ4v) is 5.43. The monoisotopic (exact) mass is 521 g/mol. The van der Waals surface area contributed by atoms with Gasteiger partial charge in [-0.1, -0.05) is 54.6 Å². The van der Waals surface area contributed by atoms with E-state index in [1.54, 1.807) is 0 Å². The zero-order valence-electron chi connectivity index (χ0n) is 23.2. The first-order valence-corrected chi connectivity index (χ1v) is 13.9. The molecule has 0 aliphatic carbocycles. The molecule has 3 aromatic carbocycles. The summed E-state index contributed by atoms with van der Waals surface area (Å²) in [5, 5.41) is 12.1. The molecule has 4 aromatic rings. The topological polar surface area (TPSA) is 70.1 Å². The average molecular weight is 521 g/mol. The SMILES string of the molecule is CC1(C)OB(c2ccc3c(C(=Nc4ccc(CN5CCCC5)cc4)c4ccccc4)c(O)[nH]c3c2)OC1(C)C. The summed E-state index contributed by atoms with van der Waals surface area (Å²) in [5.74, 6) is 0.0873. The maximum Gasteiger partial charge on any atom is 0.494 e. The van der Waals surface area contributed by atoms with Crippen molar-refractivity contribution in [1.82, 2.24) is 9.88 Å². The van der Waals surface area contributed by atoms with Gasteiger partial charge in [-0.3, -0.25) is 4.90 Å². The van der Waals surface area contributed by atoms with Crippen LogP contribution in [-0.4, -0.2) is 52.1 Å². The highest BCUT2D eigenvalue weighted by Gasteiger charge is 2.51. The first-order valence-electron chi connectivity index (χ1n) is 13.9. The van der Waals surface area contributed by atoms with Gasteiger partial charge in [0.05, 0.1) is 28.2 Å². The molecule has 2 saturated heterocycles. The number of rotatable bonds is 6. The summed E-state index contributed by atoms with van der Waals surface area (Å²) in [6.45, 7) is 11.5. The largest absolute Gasteiger partial charge is 0.494 e. The summed E-state index contributed by atoms with van der Waals surface area (Å²) >= 11 is 0. The minimum absolute atomic E-state index is 0.0873. The minimum atomic E-state index is -0.477. The van der Waals surface area contributed by atoms with Crippen LogP contribution in [0.2, 0.25) is 0 Å². The quantitative estimate of drug-likeness (QED) is 0.244. The molecule has 6 rings (SSSR count). The third-order valence-corrected chi connectivity index (χ3v) is 8.39. The number of hydrogen-bond donors (Lipinski definition) is 2. The van der Waals surface area contributed by atoms with E-state index < -0.39 is 18.3 Å². The van der Waals surface area contributed by atoms with E-state index in [4.69, 9.17) is 14.3 Å². The average Bonchev–Trinajstić information content (AvgIpc) is 3.59. The van der Waals surface area contributed by atoms with Crippen molar-refractivity contribution < 1.29 is 14.4 Å². The molecule has 0 atom stereocenters. The van der Waals surface area contributed by atoms with Crippen LogP contribution in [0.1, 0.15) is 57.2 Å². The highest BCUT2D eigenvalue weighted by Crippen LogP contribution is 2.37. The van der Waals surface area contributed by atoms with Crippen molar-refractivity contribution in [3.63, 3.8) is 0 Å². The molecule has 0 unspecified atom stereocenters. The van der Waals surface area contributed by atoms with E-state index in [2.05, 4.69) is 34.1 Å². The Hall–Kier alpha value is -3.39. The Labute approximate surface area is 230 Å². The van der Waals surface area contributed by atoms with Crippen molar-refractivity contribution in [2.45, 2.75) is 58.3 Å². The van der Waals surface area contributed by atoms with Gasteiger partial charge in [0.25, 0.3) is 0 Å². The Bertz CT molecular complexity index is 1490. The zero-order valence-corrected chi connectivity index (χ0v) is 23.2. The summed E-state index contributed by atoms with van der Waals surface area (Å²) in [7, 11) is -0.477. The Morgan fingerprint density at radius 2 is 1.59 bits per heavy atom. The van der Waals surface area contributed by atoms with Gasteiger partial charge in [-0.05, 0) is 82.9 Å². The number of likely N-dealkylation sites (tertiary alicyclic amines) is 1. The van der Waals surface area contributed by atoms with Gasteiger partial charge in [0, 0.05) is 23.0 Å². The molecule has 0 saturated carbocycles. The van der Waals surface area contributed by atoms with Gasteiger partial charge in [0.1, 0.15) is 0 Å². The fourth-order valence-electron chi connectivity index (χ4n) is 5.43. The number of aromatic hydroxyl groups is 1. The lowest BCUT2D eigenvalue weighted by molar-refractivity contribution is 0.00578. The molecule has 39 heavy (non-hydrogen) atoms. The third kappa shape index (κ3) is 5.02. The van der Waals surface area contributed by atoms with Crippen molar-refractivity contribution in [2.24, 2.45) is 4.99 Å². The molecule has 0 bridgehead atoms. The van der Waals surface area contributed by atoms with Crippen LogP contribution in [0.3, 0.4) is 0 Å². The number of nitrogens with one attached hydrogen (secondary N) is 1.